The zero-order chi connectivity index (χ0) is 18.7. The minimum atomic E-state index is -0.410. The van der Waals surface area contributed by atoms with Gasteiger partial charge >= 0.3 is 6.09 Å². The van der Waals surface area contributed by atoms with Gasteiger partial charge in [0.15, 0.2) is 0 Å². The predicted molar refractivity (Wildman–Crippen MR) is 110 cm³/mol. The van der Waals surface area contributed by atoms with E-state index in [-0.39, 0.29) is 6.09 Å². The Kier molecular flexibility index (Phi) is 6.16. The number of carbonyl (C=O) groups excluding carboxylic acids is 1. The molecule has 4 nitrogen and oxygen atoms in total. The van der Waals surface area contributed by atoms with Crippen LogP contribution in [0.5, 0.6) is 0 Å². The summed E-state index contributed by atoms with van der Waals surface area (Å²) in [6.45, 7) is 9.72. The van der Waals surface area contributed by atoms with Gasteiger partial charge in [0.1, 0.15) is 5.60 Å². The van der Waals surface area contributed by atoms with Crippen molar-refractivity contribution in [1.29, 1.82) is 0 Å². The minimum absolute atomic E-state index is 0.152. The smallest absolute Gasteiger partial charge is 0.410 e. The Labute approximate surface area is 166 Å². The summed E-state index contributed by atoms with van der Waals surface area (Å²) in [5.41, 5.74) is 0.908. The van der Waals surface area contributed by atoms with Gasteiger partial charge in [0, 0.05) is 36.3 Å². The number of halogens is 1. The van der Waals surface area contributed by atoms with Gasteiger partial charge in [-0.3, -0.25) is 0 Å². The summed E-state index contributed by atoms with van der Waals surface area (Å²) < 4.78 is 6.65. The molecule has 0 unspecified atom stereocenters. The summed E-state index contributed by atoms with van der Waals surface area (Å²) in [4.78, 5) is 16.6. The fourth-order valence-electron chi connectivity index (χ4n) is 4.18. The van der Waals surface area contributed by atoms with Gasteiger partial charge in [0.05, 0.1) is 0 Å². The molecule has 2 saturated heterocycles. The molecule has 0 saturated carbocycles. The van der Waals surface area contributed by atoms with Crippen molar-refractivity contribution in [2.45, 2.75) is 52.1 Å². The number of amides is 1. The van der Waals surface area contributed by atoms with Crippen molar-refractivity contribution < 1.29 is 9.53 Å². The van der Waals surface area contributed by atoms with Crippen LogP contribution in [0.1, 0.15) is 46.5 Å². The number of nitrogens with zero attached hydrogens (tertiary/aromatic N) is 2. The number of carbonyl (C=O) groups is 1. The molecule has 0 bridgehead atoms. The molecule has 5 heteroatoms. The topological polar surface area (TPSA) is 32.8 Å². The molecule has 1 aromatic rings. The molecule has 0 N–H and O–H groups in total. The molecular formula is C21H31BrN2O2. The Morgan fingerprint density at radius 1 is 1.04 bits per heavy atom. The van der Waals surface area contributed by atoms with E-state index in [9.17, 15) is 4.79 Å². The molecular weight excluding hydrogens is 392 g/mol. The quantitative estimate of drug-likeness (QED) is 0.646. The van der Waals surface area contributed by atoms with E-state index in [1.165, 1.54) is 18.5 Å². The number of likely N-dealkylation sites (tertiary alicyclic amines) is 1. The van der Waals surface area contributed by atoms with Crippen LogP contribution in [0.3, 0.4) is 0 Å². The second-order valence-corrected chi connectivity index (χ2v) is 9.52. The lowest BCUT2D eigenvalue weighted by Gasteiger charge is -2.41. The van der Waals surface area contributed by atoms with Gasteiger partial charge < -0.3 is 14.5 Å². The molecule has 1 aromatic carbocycles. The van der Waals surface area contributed by atoms with Crippen LogP contribution in [0.4, 0.5) is 10.5 Å². The van der Waals surface area contributed by atoms with Crippen molar-refractivity contribution in [3.8, 4) is 0 Å². The summed E-state index contributed by atoms with van der Waals surface area (Å²) in [7, 11) is 0. The molecule has 0 aliphatic carbocycles. The number of anilines is 1. The lowest BCUT2D eigenvalue weighted by atomic mass is 9.79. The number of rotatable bonds is 2. The van der Waals surface area contributed by atoms with Crippen LogP contribution in [0.2, 0.25) is 0 Å². The van der Waals surface area contributed by atoms with E-state index in [0.29, 0.717) is 0 Å². The Morgan fingerprint density at radius 3 is 2.15 bits per heavy atom. The van der Waals surface area contributed by atoms with E-state index in [0.717, 1.165) is 55.3 Å². The van der Waals surface area contributed by atoms with Crippen molar-refractivity contribution in [2.75, 3.05) is 31.1 Å². The van der Waals surface area contributed by atoms with Crippen molar-refractivity contribution in [3.63, 3.8) is 0 Å². The first-order chi connectivity index (χ1) is 12.3. The van der Waals surface area contributed by atoms with Crippen LogP contribution < -0.4 is 4.90 Å². The normalized spacial score (nSPS) is 20.3. The fourth-order valence-corrected chi connectivity index (χ4v) is 4.57. The molecule has 2 fully saturated rings. The molecule has 0 atom stereocenters. The van der Waals surface area contributed by atoms with Crippen LogP contribution in [-0.2, 0) is 4.74 Å². The highest BCUT2D eigenvalue weighted by molar-refractivity contribution is 9.10. The summed E-state index contributed by atoms with van der Waals surface area (Å²) in [5, 5.41) is 0. The molecule has 0 spiro atoms. The summed E-state index contributed by atoms with van der Waals surface area (Å²) in [6, 6.07) is 8.59. The average molecular weight is 423 g/mol. The van der Waals surface area contributed by atoms with Gasteiger partial charge in [-0.1, -0.05) is 22.0 Å². The monoisotopic (exact) mass is 422 g/mol. The highest BCUT2D eigenvalue weighted by atomic mass is 79.9. The van der Waals surface area contributed by atoms with Crippen LogP contribution in [0.25, 0.3) is 0 Å². The number of ether oxygens (including phenoxy) is 1. The van der Waals surface area contributed by atoms with Gasteiger partial charge in [0.2, 0.25) is 0 Å². The molecule has 1 amide bonds. The maximum atomic E-state index is 12.2. The number of piperidine rings is 2. The van der Waals surface area contributed by atoms with Crippen molar-refractivity contribution in [2.24, 2.45) is 11.8 Å². The van der Waals surface area contributed by atoms with Crippen LogP contribution in [0.15, 0.2) is 28.7 Å². The van der Waals surface area contributed by atoms with Crippen LogP contribution in [-0.4, -0.2) is 42.8 Å². The van der Waals surface area contributed by atoms with Crippen LogP contribution in [0, 0.1) is 11.8 Å². The summed E-state index contributed by atoms with van der Waals surface area (Å²) in [6.07, 6.45) is 4.58. The maximum absolute atomic E-state index is 12.2. The largest absolute Gasteiger partial charge is 0.444 e. The van der Waals surface area contributed by atoms with E-state index in [1.807, 2.05) is 25.7 Å². The number of hydrogen-bond acceptors (Lipinski definition) is 3. The zero-order valence-electron chi connectivity index (χ0n) is 16.2. The first kappa shape index (κ1) is 19.5. The molecule has 0 aromatic heterocycles. The van der Waals surface area contributed by atoms with Crippen LogP contribution >= 0.6 is 15.9 Å². The second kappa shape index (κ2) is 8.20. The van der Waals surface area contributed by atoms with Gasteiger partial charge in [-0.15, -0.1) is 0 Å². The molecule has 2 aliphatic rings. The highest BCUT2D eigenvalue weighted by Crippen LogP contribution is 2.34. The van der Waals surface area contributed by atoms with Crippen molar-refractivity contribution in [3.05, 3.63) is 28.7 Å². The van der Waals surface area contributed by atoms with E-state index in [4.69, 9.17) is 4.74 Å². The lowest BCUT2D eigenvalue weighted by Crippen LogP contribution is -2.44. The van der Waals surface area contributed by atoms with E-state index < -0.39 is 5.60 Å². The van der Waals surface area contributed by atoms with E-state index in [2.05, 4.69) is 45.1 Å². The van der Waals surface area contributed by atoms with Crippen molar-refractivity contribution >= 4 is 27.7 Å². The van der Waals surface area contributed by atoms with Gasteiger partial charge in [-0.25, -0.2) is 4.79 Å². The molecule has 144 valence electrons. The number of benzene rings is 1. The first-order valence-corrected chi connectivity index (χ1v) is 10.6. The Morgan fingerprint density at radius 2 is 1.62 bits per heavy atom. The standard InChI is InChI=1S/C21H31BrN2O2/c1-21(2,3)26-20(25)24-13-9-17(10-14-24)16-7-11-23(12-8-16)19-6-4-5-18(22)15-19/h4-6,15-17H,7-14H2,1-3H3. The number of hydrogen-bond donors (Lipinski definition) is 0. The fraction of sp³-hybridized carbons (Fsp3) is 0.667. The third-order valence-corrected chi connectivity index (χ3v) is 6.06. The SMILES string of the molecule is CC(C)(C)OC(=O)N1CCC(C2CCN(c3cccc(Br)c3)CC2)CC1. The van der Waals surface area contributed by atoms with E-state index in [1.54, 1.807) is 0 Å². The molecule has 3 rings (SSSR count). The summed E-state index contributed by atoms with van der Waals surface area (Å²) >= 11 is 3.57. The Balaban J connectivity index is 1.46. The second-order valence-electron chi connectivity index (χ2n) is 8.61. The molecule has 26 heavy (non-hydrogen) atoms. The van der Waals surface area contributed by atoms with Crippen molar-refractivity contribution in [1.82, 2.24) is 4.90 Å². The molecule has 2 heterocycles. The third kappa shape index (κ3) is 5.15. The zero-order valence-corrected chi connectivity index (χ0v) is 17.8. The minimum Gasteiger partial charge on any atom is -0.444 e. The van der Waals surface area contributed by atoms with Gasteiger partial charge in [-0.05, 0) is 76.5 Å². The maximum Gasteiger partial charge on any atom is 0.410 e. The molecule has 0 radical (unpaired) electrons. The third-order valence-electron chi connectivity index (χ3n) is 5.57. The average Bonchev–Trinajstić information content (AvgIpc) is 2.61. The Bertz CT molecular complexity index is 613. The predicted octanol–water partition coefficient (Wildman–Crippen LogP) is 5.31. The van der Waals surface area contributed by atoms with E-state index >= 15 is 0 Å². The summed E-state index contributed by atoms with van der Waals surface area (Å²) in [5.74, 6) is 1.54. The first-order valence-electron chi connectivity index (χ1n) is 9.80. The Hall–Kier alpha value is -1.23. The molecule has 2 aliphatic heterocycles. The lowest BCUT2D eigenvalue weighted by molar-refractivity contribution is 0.0152. The van der Waals surface area contributed by atoms with Gasteiger partial charge in [-0.2, -0.15) is 0 Å². The van der Waals surface area contributed by atoms with Gasteiger partial charge in [0.25, 0.3) is 0 Å². The highest BCUT2D eigenvalue weighted by Gasteiger charge is 2.32.